The van der Waals surface area contributed by atoms with Gasteiger partial charge < -0.3 is 5.73 Å². The molecule has 1 aromatic heterocycles. The van der Waals surface area contributed by atoms with Crippen molar-refractivity contribution in [3.8, 4) is 11.3 Å². The second-order valence-electron chi connectivity index (χ2n) is 5.25. The van der Waals surface area contributed by atoms with Gasteiger partial charge in [-0.2, -0.15) is 0 Å². The average molecular weight is 258 g/mol. The molecule has 0 fully saturated rings. The van der Waals surface area contributed by atoms with Crippen molar-refractivity contribution in [2.24, 2.45) is 5.73 Å². The normalized spacial score (nSPS) is 19.2. The number of aromatic nitrogens is 1. The van der Waals surface area contributed by atoms with Gasteiger partial charge in [-0.25, -0.2) is 4.98 Å². The van der Waals surface area contributed by atoms with Crippen LogP contribution in [0.3, 0.4) is 0 Å². The zero-order chi connectivity index (χ0) is 12.7. The number of hydrogen-bond acceptors (Lipinski definition) is 3. The molecule has 0 radical (unpaired) electrons. The van der Waals surface area contributed by atoms with Crippen molar-refractivity contribution in [3.05, 3.63) is 39.7 Å². The van der Waals surface area contributed by atoms with Gasteiger partial charge in [0.25, 0.3) is 0 Å². The van der Waals surface area contributed by atoms with Crippen molar-refractivity contribution in [3.63, 3.8) is 0 Å². The van der Waals surface area contributed by atoms with Crippen LogP contribution in [0.2, 0.25) is 0 Å². The molecule has 1 heterocycles. The van der Waals surface area contributed by atoms with E-state index in [4.69, 9.17) is 10.7 Å². The minimum atomic E-state index is 0.185. The van der Waals surface area contributed by atoms with E-state index >= 15 is 0 Å². The van der Waals surface area contributed by atoms with Gasteiger partial charge in [0, 0.05) is 22.9 Å². The van der Waals surface area contributed by atoms with Crippen molar-refractivity contribution in [2.45, 2.75) is 38.6 Å². The molecule has 18 heavy (non-hydrogen) atoms. The fourth-order valence-electron chi connectivity index (χ4n) is 2.64. The minimum absolute atomic E-state index is 0.185. The molecule has 0 bridgehead atoms. The van der Waals surface area contributed by atoms with Crippen molar-refractivity contribution < 1.29 is 0 Å². The first kappa shape index (κ1) is 11.9. The fourth-order valence-corrected chi connectivity index (χ4v) is 4.00. The number of nitrogens with zero attached hydrogens (tertiary/aromatic N) is 1. The summed E-state index contributed by atoms with van der Waals surface area (Å²) in [5.74, 6) is 0.595. The molecule has 3 heteroatoms. The van der Waals surface area contributed by atoms with E-state index in [0.717, 1.165) is 12.8 Å². The van der Waals surface area contributed by atoms with Crippen molar-refractivity contribution in [1.29, 1.82) is 0 Å². The predicted octanol–water partition coefficient (Wildman–Crippen LogP) is 3.36. The van der Waals surface area contributed by atoms with E-state index in [-0.39, 0.29) is 6.04 Å². The van der Waals surface area contributed by atoms with Gasteiger partial charge in [0.15, 0.2) is 0 Å². The molecule has 0 saturated carbocycles. The summed E-state index contributed by atoms with van der Waals surface area (Å²) in [6, 6.07) is 8.83. The van der Waals surface area contributed by atoms with Crippen LogP contribution >= 0.6 is 11.3 Å². The van der Waals surface area contributed by atoms with E-state index in [0.29, 0.717) is 5.92 Å². The highest BCUT2D eigenvalue weighted by molar-refractivity contribution is 7.12. The Kier molecular flexibility index (Phi) is 2.96. The molecule has 2 aromatic rings. The Balaban J connectivity index is 2.07. The summed E-state index contributed by atoms with van der Waals surface area (Å²) in [7, 11) is 0. The largest absolute Gasteiger partial charge is 0.328 e. The third-order valence-electron chi connectivity index (χ3n) is 3.48. The SMILES string of the molecule is CC(N)Cc1nc2c(s1)CC(C)c1ccccc1-2. The van der Waals surface area contributed by atoms with Crippen LogP contribution in [0, 0.1) is 0 Å². The van der Waals surface area contributed by atoms with Gasteiger partial charge in [0.2, 0.25) is 0 Å². The van der Waals surface area contributed by atoms with E-state index in [1.807, 2.05) is 18.3 Å². The Hall–Kier alpha value is -1.19. The standard InChI is InChI=1S/C15H18N2S/c1-9-7-13-15(12-6-4-3-5-11(9)12)17-14(18-13)8-10(2)16/h3-6,9-10H,7-8,16H2,1-2H3. The Labute approximate surface area is 112 Å². The Bertz CT molecular complexity index is 572. The van der Waals surface area contributed by atoms with Crippen LogP contribution in [-0.4, -0.2) is 11.0 Å². The lowest BCUT2D eigenvalue weighted by Crippen LogP contribution is -2.17. The molecule has 1 aromatic carbocycles. The molecule has 2 unspecified atom stereocenters. The molecule has 0 amide bonds. The molecule has 2 N–H and O–H groups in total. The van der Waals surface area contributed by atoms with E-state index in [9.17, 15) is 0 Å². The number of thiazole rings is 1. The van der Waals surface area contributed by atoms with Crippen LogP contribution in [-0.2, 0) is 12.8 Å². The highest BCUT2D eigenvalue weighted by atomic mass is 32.1. The molecule has 1 aliphatic rings. The fraction of sp³-hybridized carbons (Fsp3) is 0.400. The number of rotatable bonds is 2. The first-order chi connectivity index (χ1) is 8.65. The molecule has 0 spiro atoms. The first-order valence-electron chi connectivity index (χ1n) is 6.48. The average Bonchev–Trinajstić information content (AvgIpc) is 2.71. The van der Waals surface area contributed by atoms with Gasteiger partial charge in [0.1, 0.15) is 0 Å². The quantitative estimate of drug-likeness (QED) is 0.897. The van der Waals surface area contributed by atoms with E-state index in [2.05, 4.69) is 31.2 Å². The second-order valence-corrected chi connectivity index (χ2v) is 6.42. The van der Waals surface area contributed by atoms with Gasteiger partial charge in [-0.05, 0) is 24.8 Å². The third kappa shape index (κ3) is 1.98. The molecular weight excluding hydrogens is 240 g/mol. The van der Waals surface area contributed by atoms with Gasteiger partial charge >= 0.3 is 0 Å². The van der Waals surface area contributed by atoms with Gasteiger partial charge in [-0.3, -0.25) is 0 Å². The van der Waals surface area contributed by atoms with Gasteiger partial charge in [-0.1, -0.05) is 31.2 Å². The lowest BCUT2D eigenvalue weighted by atomic mass is 9.86. The Morgan fingerprint density at radius 1 is 1.44 bits per heavy atom. The molecule has 3 rings (SSSR count). The zero-order valence-electron chi connectivity index (χ0n) is 10.8. The Morgan fingerprint density at radius 3 is 3.00 bits per heavy atom. The maximum absolute atomic E-state index is 5.87. The minimum Gasteiger partial charge on any atom is -0.328 e. The van der Waals surface area contributed by atoms with Crippen LogP contribution < -0.4 is 5.73 Å². The topological polar surface area (TPSA) is 38.9 Å². The summed E-state index contributed by atoms with van der Waals surface area (Å²) in [5, 5.41) is 1.18. The highest BCUT2D eigenvalue weighted by Gasteiger charge is 2.25. The summed E-state index contributed by atoms with van der Waals surface area (Å²) in [5.41, 5.74) is 9.82. The van der Waals surface area contributed by atoms with Gasteiger partial charge in [0.05, 0.1) is 10.7 Å². The summed E-state index contributed by atoms with van der Waals surface area (Å²) in [6.07, 6.45) is 2.00. The van der Waals surface area contributed by atoms with E-state index in [1.54, 1.807) is 0 Å². The number of fused-ring (bicyclic) bond motifs is 3. The van der Waals surface area contributed by atoms with Crippen LogP contribution in [0.1, 0.15) is 35.2 Å². The van der Waals surface area contributed by atoms with Crippen LogP contribution in [0.5, 0.6) is 0 Å². The van der Waals surface area contributed by atoms with Crippen molar-refractivity contribution in [2.75, 3.05) is 0 Å². The third-order valence-corrected chi connectivity index (χ3v) is 4.58. The number of hydrogen-bond donors (Lipinski definition) is 1. The van der Waals surface area contributed by atoms with E-state index < -0.39 is 0 Å². The Morgan fingerprint density at radius 2 is 2.22 bits per heavy atom. The predicted molar refractivity (Wildman–Crippen MR) is 77.0 cm³/mol. The maximum Gasteiger partial charge on any atom is 0.0950 e. The molecule has 1 aliphatic carbocycles. The molecule has 94 valence electrons. The van der Waals surface area contributed by atoms with Crippen molar-refractivity contribution in [1.82, 2.24) is 4.98 Å². The van der Waals surface area contributed by atoms with Crippen LogP contribution in [0.25, 0.3) is 11.3 Å². The van der Waals surface area contributed by atoms with Crippen molar-refractivity contribution >= 4 is 11.3 Å². The smallest absolute Gasteiger partial charge is 0.0950 e. The molecular formula is C15H18N2S. The second kappa shape index (κ2) is 4.48. The number of benzene rings is 1. The van der Waals surface area contributed by atoms with Gasteiger partial charge in [-0.15, -0.1) is 11.3 Å². The highest BCUT2D eigenvalue weighted by Crippen LogP contribution is 2.41. The summed E-state index contributed by atoms with van der Waals surface area (Å²) in [4.78, 5) is 6.23. The molecule has 2 atom stereocenters. The van der Waals surface area contributed by atoms with Crippen LogP contribution in [0.15, 0.2) is 24.3 Å². The number of nitrogens with two attached hydrogens (primary N) is 1. The molecule has 0 aliphatic heterocycles. The zero-order valence-corrected chi connectivity index (χ0v) is 11.6. The summed E-state index contributed by atoms with van der Waals surface area (Å²) < 4.78 is 0. The van der Waals surface area contributed by atoms with E-state index in [1.165, 1.54) is 26.7 Å². The van der Waals surface area contributed by atoms with Crippen LogP contribution in [0.4, 0.5) is 0 Å². The summed E-state index contributed by atoms with van der Waals surface area (Å²) in [6.45, 7) is 4.34. The molecule has 0 saturated heterocycles. The summed E-state index contributed by atoms with van der Waals surface area (Å²) >= 11 is 1.84. The maximum atomic E-state index is 5.87. The first-order valence-corrected chi connectivity index (χ1v) is 7.30. The lowest BCUT2D eigenvalue weighted by Gasteiger charge is -2.21. The lowest BCUT2D eigenvalue weighted by molar-refractivity contribution is 0.733. The molecule has 2 nitrogen and oxygen atoms in total. The monoisotopic (exact) mass is 258 g/mol.